The zero-order valence-electron chi connectivity index (χ0n) is 11.2. The SMILES string of the molecule is C[C@@H](CN)NC(=O)Cc1csc(-c2ccc(Cl)s2)n1.Cl.Cl. The lowest BCUT2D eigenvalue weighted by atomic mass is 10.3. The maximum absolute atomic E-state index is 11.7. The van der Waals surface area contributed by atoms with Crippen LogP contribution in [0.1, 0.15) is 12.6 Å². The highest BCUT2D eigenvalue weighted by Crippen LogP contribution is 2.32. The van der Waals surface area contributed by atoms with Crippen LogP contribution in [0.4, 0.5) is 0 Å². The molecule has 9 heteroatoms. The molecule has 21 heavy (non-hydrogen) atoms. The minimum absolute atomic E-state index is 0. The highest BCUT2D eigenvalue weighted by Gasteiger charge is 2.11. The molecule has 0 saturated heterocycles. The quantitative estimate of drug-likeness (QED) is 0.825. The summed E-state index contributed by atoms with van der Waals surface area (Å²) in [4.78, 5) is 17.2. The van der Waals surface area contributed by atoms with E-state index in [2.05, 4.69) is 10.3 Å². The van der Waals surface area contributed by atoms with Gasteiger partial charge in [-0.25, -0.2) is 4.98 Å². The van der Waals surface area contributed by atoms with Crippen LogP contribution in [0, 0.1) is 0 Å². The van der Waals surface area contributed by atoms with Gasteiger partial charge < -0.3 is 11.1 Å². The fourth-order valence-corrected chi connectivity index (χ4v) is 3.41. The van der Waals surface area contributed by atoms with Gasteiger partial charge in [0.05, 0.1) is 21.3 Å². The van der Waals surface area contributed by atoms with E-state index in [1.165, 1.54) is 22.7 Å². The van der Waals surface area contributed by atoms with E-state index in [0.29, 0.717) is 6.54 Å². The van der Waals surface area contributed by atoms with Crippen molar-refractivity contribution in [2.24, 2.45) is 5.73 Å². The molecular formula is C12H16Cl3N3OS2. The average molecular weight is 389 g/mol. The summed E-state index contributed by atoms with van der Waals surface area (Å²) in [6.07, 6.45) is 0.278. The van der Waals surface area contributed by atoms with E-state index in [4.69, 9.17) is 17.3 Å². The normalized spacial score (nSPS) is 11.2. The van der Waals surface area contributed by atoms with E-state index in [-0.39, 0.29) is 43.2 Å². The fraction of sp³-hybridized carbons (Fsp3) is 0.333. The predicted octanol–water partition coefficient (Wildman–Crippen LogP) is 3.37. The van der Waals surface area contributed by atoms with Crippen LogP contribution in [0.5, 0.6) is 0 Å². The number of nitrogens with two attached hydrogens (primary N) is 1. The molecule has 0 saturated carbocycles. The van der Waals surface area contributed by atoms with Crippen LogP contribution >= 0.6 is 59.1 Å². The molecule has 0 fully saturated rings. The molecule has 0 unspecified atom stereocenters. The van der Waals surface area contributed by atoms with Gasteiger partial charge in [-0.2, -0.15) is 0 Å². The van der Waals surface area contributed by atoms with E-state index in [0.717, 1.165) is 19.9 Å². The molecule has 0 spiro atoms. The van der Waals surface area contributed by atoms with Crippen molar-refractivity contribution in [3.8, 4) is 9.88 Å². The Bertz CT molecular complexity index is 574. The van der Waals surface area contributed by atoms with Crippen molar-refractivity contribution in [1.82, 2.24) is 10.3 Å². The second-order valence-electron chi connectivity index (χ2n) is 4.13. The van der Waals surface area contributed by atoms with Crippen molar-refractivity contribution >= 4 is 65.0 Å². The summed E-state index contributed by atoms with van der Waals surface area (Å²) in [6, 6.07) is 3.77. The fourth-order valence-electron chi connectivity index (χ4n) is 1.48. The Kier molecular flexibility index (Phi) is 9.44. The monoisotopic (exact) mass is 387 g/mol. The Hall–Kier alpha value is -0.370. The molecule has 0 aliphatic heterocycles. The van der Waals surface area contributed by atoms with E-state index >= 15 is 0 Å². The topological polar surface area (TPSA) is 68.0 Å². The van der Waals surface area contributed by atoms with E-state index in [1.54, 1.807) is 0 Å². The van der Waals surface area contributed by atoms with Gasteiger partial charge in [-0.15, -0.1) is 47.5 Å². The zero-order chi connectivity index (χ0) is 13.8. The van der Waals surface area contributed by atoms with Gasteiger partial charge in [0, 0.05) is 18.0 Å². The molecule has 3 N–H and O–H groups in total. The molecule has 2 aromatic rings. The van der Waals surface area contributed by atoms with Crippen LogP contribution in [0.15, 0.2) is 17.5 Å². The van der Waals surface area contributed by atoms with Gasteiger partial charge in [0.15, 0.2) is 0 Å². The van der Waals surface area contributed by atoms with Crippen LogP contribution < -0.4 is 11.1 Å². The number of thiazole rings is 1. The van der Waals surface area contributed by atoms with Gasteiger partial charge in [-0.05, 0) is 19.1 Å². The summed E-state index contributed by atoms with van der Waals surface area (Å²) in [6.45, 7) is 2.31. The van der Waals surface area contributed by atoms with E-state index in [9.17, 15) is 4.79 Å². The minimum atomic E-state index is -0.0565. The average Bonchev–Trinajstić information content (AvgIpc) is 2.97. The maximum Gasteiger partial charge on any atom is 0.226 e. The molecule has 118 valence electrons. The van der Waals surface area contributed by atoms with Crippen molar-refractivity contribution in [2.45, 2.75) is 19.4 Å². The number of nitrogens with zero attached hydrogens (tertiary/aromatic N) is 1. The molecular weight excluding hydrogens is 373 g/mol. The number of rotatable bonds is 5. The van der Waals surface area contributed by atoms with Gasteiger partial charge in [0.25, 0.3) is 0 Å². The minimum Gasteiger partial charge on any atom is -0.352 e. The summed E-state index contributed by atoms with van der Waals surface area (Å²) in [5, 5.41) is 5.61. The molecule has 0 aliphatic carbocycles. The smallest absolute Gasteiger partial charge is 0.226 e. The number of aromatic nitrogens is 1. The molecule has 1 atom stereocenters. The predicted molar refractivity (Wildman–Crippen MR) is 95.3 cm³/mol. The first kappa shape index (κ1) is 20.6. The highest BCUT2D eigenvalue weighted by molar-refractivity contribution is 7.23. The first-order valence-corrected chi connectivity index (χ1v) is 7.85. The second-order valence-corrected chi connectivity index (χ2v) is 6.70. The number of halogens is 3. The molecule has 2 heterocycles. The van der Waals surface area contributed by atoms with Crippen molar-refractivity contribution in [3.63, 3.8) is 0 Å². The summed E-state index contributed by atoms with van der Waals surface area (Å²) < 4.78 is 0.737. The van der Waals surface area contributed by atoms with Crippen molar-refractivity contribution in [1.29, 1.82) is 0 Å². The second kappa shape index (κ2) is 9.61. The Morgan fingerprint density at radius 2 is 2.19 bits per heavy atom. The molecule has 0 radical (unpaired) electrons. The molecule has 1 amide bonds. The van der Waals surface area contributed by atoms with Crippen LogP contribution in [-0.2, 0) is 11.2 Å². The number of hydrogen-bond acceptors (Lipinski definition) is 5. The lowest BCUT2D eigenvalue weighted by Crippen LogP contribution is -2.38. The number of carbonyl (C=O) groups is 1. The van der Waals surface area contributed by atoms with Gasteiger partial charge in [0.2, 0.25) is 5.91 Å². The lowest BCUT2D eigenvalue weighted by Gasteiger charge is -2.09. The zero-order valence-corrected chi connectivity index (χ0v) is 15.2. The van der Waals surface area contributed by atoms with Crippen LogP contribution in [0.3, 0.4) is 0 Å². The lowest BCUT2D eigenvalue weighted by molar-refractivity contribution is -0.121. The standard InChI is InChI=1S/C12H14ClN3OS2.2ClH/c1-7(5-14)15-11(17)4-8-6-18-12(16-8)9-2-3-10(13)19-9;;/h2-3,6-7H,4-5,14H2,1H3,(H,15,17);2*1H/t7-;;/m0../s1. The molecule has 0 bridgehead atoms. The number of carbonyl (C=O) groups excluding carboxylic acids is 1. The number of nitrogens with one attached hydrogen (secondary N) is 1. The maximum atomic E-state index is 11.7. The Morgan fingerprint density at radius 1 is 1.48 bits per heavy atom. The summed E-state index contributed by atoms with van der Waals surface area (Å²) in [5.41, 5.74) is 6.23. The number of thiophene rings is 1. The van der Waals surface area contributed by atoms with Gasteiger partial charge in [0.1, 0.15) is 5.01 Å². The third kappa shape index (κ3) is 6.10. The van der Waals surface area contributed by atoms with Crippen LogP contribution in [0.25, 0.3) is 9.88 Å². The summed E-state index contributed by atoms with van der Waals surface area (Å²) in [5.74, 6) is -0.0565. The Morgan fingerprint density at radius 3 is 2.76 bits per heavy atom. The number of hydrogen-bond donors (Lipinski definition) is 2. The van der Waals surface area contributed by atoms with Gasteiger partial charge in [-0.1, -0.05) is 11.6 Å². The Balaban J connectivity index is 0.00000200. The molecule has 2 aromatic heterocycles. The van der Waals surface area contributed by atoms with Gasteiger partial charge >= 0.3 is 0 Å². The summed E-state index contributed by atoms with van der Waals surface area (Å²) in [7, 11) is 0. The third-order valence-electron chi connectivity index (χ3n) is 2.44. The summed E-state index contributed by atoms with van der Waals surface area (Å²) >= 11 is 8.90. The molecule has 2 rings (SSSR count). The highest BCUT2D eigenvalue weighted by atomic mass is 35.5. The first-order valence-electron chi connectivity index (χ1n) is 5.78. The third-order valence-corrected chi connectivity index (χ3v) is 4.73. The van der Waals surface area contributed by atoms with Crippen LogP contribution in [0.2, 0.25) is 4.34 Å². The van der Waals surface area contributed by atoms with Gasteiger partial charge in [-0.3, -0.25) is 4.79 Å². The Labute approximate surface area is 148 Å². The van der Waals surface area contributed by atoms with Crippen LogP contribution in [-0.4, -0.2) is 23.5 Å². The van der Waals surface area contributed by atoms with E-state index in [1.807, 2.05) is 24.4 Å². The van der Waals surface area contributed by atoms with Crippen molar-refractivity contribution in [2.75, 3.05) is 6.54 Å². The number of amides is 1. The van der Waals surface area contributed by atoms with Crippen molar-refractivity contribution < 1.29 is 4.79 Å². The van der Waals surface area contributed by atoms with E-state index < -0.39 is 0 Å². The molecule has 4 nitrogen and oxygen atoms in total. The first-order chi connectivity index (χ1) is 9.08. The largest absolute Gasteiger partial charge is 0.352 e. The molecule has 0 aliphatic rings. The molecule has 0 aromatic carbocycles. The van der Waals surface area contributed by atoms with Crippen molar-refractivity contribution in [3.05, 3.63) is 27.5 Å².